The number of nitrogens with one attached hydrogen (secondary N) is 1. The fourth-order valence-electron chi connectivity index (χ4n) is 1.67. The van der Waals surface area contributed by atoms with E-state index in [1.54, 1.807) is 0 Å². The van der Waals surface area contributed by atoms with Gasteiger partial charge in [0.15, 0.2) is 0 Å². The van der Waals surface area contributed by atoms with E-state index in [4.69, 9.17) is 5.11 Å². The van der Waals surface area contributed by atoms with Crippen LogP contribution in [0.3, 0.4) is 0 Å². The van der Waals surface area contributed by atoms with E-state index in [2.05, 4.69) is 6.92 Å². The van der Waals surface area contributed by atoms with Gasteiger partial charge >= 0.3 is 5.97 Å². The number of carbonyl (C=O) groups is 1. The fourth-order valence-corrected chi connectivity index (χ4v) is 2.74. The summed E-state index contributed by atoms with van der Waals surface area (Å²) >= 11 is 0. The second-order valence-electron chi connectivity index (χ2n) is 4.51. The maximum Gasteiger partial charge on any atom is 0.318 e. The highest BCUT2D eigenvalue weighted by Crippen LogP contribution is 2.08. The minimum Gasteiger partial charge on any atom is -0.480 e. The molecule has 0 saturated heterocycles. The third-order valence-corrected chi connectivity index (χ3v) is 4.12. The van der Waals surface area contributed by atoms with Gasteiger partial charge in [-0.1, -0.05) is 51.9 Å². The van der Waals surface area contributed by atoms with Crippen LogP contribution in [0.15, 0.2) is 0 Å². The first kappa shape index (κ1) is 17.4. The topological polar surface area (TPSA) is 83.5 Å². The van der Waals surface area contributed by atoms with E-state index < -0.39 is 22.5 Å². The molecule has 5 nitrogen and oxygen atoms in total. The van der Waals surface area contributed by atoms with Gasteiger partial charge in [-0.05, 0) is 6.42 Å². The maximum absolute atomic E-state index is 11.3. The molecule has 0 unspecified atom stereocenters. The standard InChI is InChI=1S/C12H25NO4S/c1-2-3-4-5-6-7-8-9-10-18(16,17)13-11-12(14)15/h13H,2-11H2,1H3,(H,14,15). The number of rotatable bonds is 12. The molecule has 0 aromatic heterocycles. The molecule has 0 aromatic carbocycles. The Morgan fingerprint density at radius 3 is 2.00 bits per heavy atom. The van der Waals surface area contributed by atoms with Gasteiger partial charge in [-0.25, -0.2) is 13.1 Å². The molecule has 18 heavy (non-hydrogen) atoms. The summed E-state index contributed by atoms with van der Waals surface area (Å²) in [6, 6.07) is 0. The number of sulfonamides is 1. The molecule has 0 spiro atoms. The largest absolute Gasteiger partial charge is 0.480 e. The molecule has 0 radical (unpaired) electrons. The third-order valence-electron chi connectivity index (χ3n) is 2.71. The van der Waals surface area contributed by atoms with Crippen LogP contribution in [0, 0.1) is 0 Å². The molecular weight excluding hydrogens is 254 g/mol. The van der Waals surface area contributed by atoms with Gasteiger partial charge in [0, 0.05) is 0 Å². The molecule has 108 valence electrons. The molecule has 0 bridgehead atoms. The van der Waals surface area contributed by atoms with Crippen LogP contribution >= 0.6 is 0 Å². The third kappa shape index (κ3) is 11.9. The summed E-state index contributed by atoms with van der Waals surface area (Å²) in [5.74, 6) is -1.13. The van der Waals surface area contributed by atoms with Crippen molar-refractivity contribution >= 4 is 16.0 Å². The summed E-state index contributed by atoms with van der Waals surface area (Å²) in [4.78, 5) is 10.2. The molecule has 0 aliphatic rings. The second kappa shape index (κ2) is 10.3. The first-order chi connectivity index (χ1) is 8.48. The van der Waals surface area contributed by atoms with E-state index in [9.17, 15) is 13.2 Å². The first-order valence-corrected chi connectivity index (χ1v) is 8.32. The number of hydrogen-bond donors (Lipinski definition) is 2. The second-order valence-corrected chi connectivity index (χ2v) is 6.44. The SMILES string of the molecule is CCCCCCCCCCS(=O)(=O)NCC(=O)O. The monoisotopic (exact) mass is 279 g/mol. The molecule has 6 heteroatoms. The van der Waals surface area contributed by atoms with Gasteiger partial charge in [0.05, 0.1) is 5.75 Å². The van der Waals surface area contributed by atoms with E-state index >= 15 is 0 Å². The summed E-state index contributed by atoms with van der Waals surface area (Å²) in [6.45, 7) is 1.65. The van der Waals surface area contributed by atoms with Crippen molar-refractivity contribution in [2.45, 2.75) is 58.3 Å². The quantitative estimate of drug-likeness (QED) is 0.536. The van der Waals surface area contributed by atoms with Crippen molar-refractivity contribution in [2.75, 3.05) is 12.3 Å². The van der Waals surface area contributed by atoms with Crippen molar-refractivity contribution in [1.29, 1.82) is 0 Å². The van der Waals surface area contributed by atoms with Gasteiger partial charge in [-0.15, -0.1) is 0 Å². The van der Waals surface area contributed by atoms with Crippen LogP contribution in [0.1, 0.15) is 58.3 Å². The molecule has 0 heterocycles. The van der Waals surface area contributed by atoms with Crippen molar-refractivity contribution in [3.8, 4) is 0 Å². The summed E-state index contributed by atoms with van der Waals surface area (Å²) in [6.07, 6.45) is 8.68. The van der Waals surface area contributed by atoms with Gasteiger partial charge in [-0.3, -0.25) is 4.79 Å². The van der Waals surface area contributed by atoms with Crippen LogP contribution in [-0.2, 0) is 14.8 Å². The molecule has 0 aromatic rings. The van der Waals surface area contributed by atoms with Crippen LogP contribution in [0.25, 0.3) is 0 Å². The predicted octanol–water partition coefficient (Wildman–Crippen LogP) is 2.13. The average molecular weight is 279 g/mol. The normalized spacial score (nSPS) is 11.6. The number of aliphatic carboxylic acids is 1. The van der Waals surface area contributed by atoms with Gasteiger partial charge < -0.3 is 5.11 Å². The predicted molar refractivity (Wildman–Crippen MR) is 72.0 cm³/mol. The van der Waals surface area contributed by atoms with Crippen molar-refractivity contribution in [3.63, 3.8) is 0 Å². The van der Waals surface area contributed by atoms with Crippen LogP contribution in [0.2, 0.25) is 0 Å². The molecule has 0 aliphatic carbocycles. The zero-order valence-corrected chi connectivity index (χ0v) is 12.0. The molecular formula is C12H25NO4S. The highest BCUT2D eigenvalue weighted by atomic mass is 32.2. The molecule has 0 saturated carbocycles. The Hall–Kier alpha value is -0.620. The summed E-state index contributed by atoms with van der Waals surface area (Å²) in [5.41, 5.74) is 0. The Labute approximate surface area is 110 Å². The number of carboxylic acids is 1. The van der Waals surface area contributed by atoms with Crippen molar-refractivity contribution < 1.29 is 18.3 Å². The van der Waals surface area contributed by atoms with Gasteiger partial charge in [0.2, 0.25) is 10.0 Å². The molecule has 0 aliphatic heterocycles. The van der Waals surface area contributed by atoms with Crippen LogP contribution in [0.4, 0.5) is 0 Å². The minimum absolute atomic E-state index is 0.0231. The summed E-state index contributed by atoms with van der Waals surface area (Å²) in [7, 11) is -3.41. The van der Waals surface area contributed by atoms with E-state index in [1.807, 2.05) is 4.72 Å². The Morgan fingerprint density at radius 2 is 1.50 bits per heavy atom. The maximum atomic E-state index is 11.3. The van der Waals surface area contributed by atoms with E-state index in [0.717, 1.165) is 19.3 Å². The van der Waals surface area contributed by atoms with Crippen LogP contribution < -0.4 is 4.72 Å². The van der Waals surface area contributed by atoms with Crippen LogP contribution in [0.5, 0.6) is 0 Å². The number of unbranched alkanes of at least 4 members (excludes halogenated alkanes) is 7. The first-order valence-electron chi connectivity index (χ1n) is 6.67. The summed E-state index contributed by atoms with van der Waals surface area (Å²) in [5, 5.41) is 8.36. The molecule has 0 rings (SSSR count). The highest BCUT2D eigenvalue weighted by molar-refractivity contribution is 7.89. The van der Waals surface area contributed by atoms with E-state index in [0.29, 0.717) is 6.42 Å². The summed E-state index contributed by atoms with van der Waals surface area (Å²) < 4.78 is 24.7. The Bertz CT molecular complexity index is 314. The lowest BCUT2D eigenvalue weighted by atomic mass is 10.1. The molecule has 0 fully saturated rings. The zero-order chi connectivity index (χ0) is 13.9. The van der Waals surface area contributed by atoms with Crippen molar-refractivity contribution in [2.24, 2.45) is 0 Å². The lowest BCUT2D eigenvalue weighted by Crippen LogP contribution is -2.31. The lowest BCUT2D eigenvalue weighted by Gasteiger charge is -2.04. The number of hydrogen-bond acceptors (Lipinski definition) is 3. The van der Waals surface area contributed by atoms with Gasteiger partial charge in [0.1, 0.15) is 6.54 Å². The average Bonchev–Trinajstić information content (AvgIpc) is 2.30. The zero-order valence-electron chi connectivity index (χ0n) is 11.2. The lowest BCUT2D eigenvalue weighted by molar-refractivity contribution is -0.135. The van der Waals surface area contributed by atoms with Crippen LogP contribution in [-0.4, -0.2) is 31.8 Å². The van der Waals surface area contributed by atoms with Gasteiger partial charge in [0.25, 0.3) is 0 Å². The van der Waals surface area contributed by atoms with Crippen molar-refractivity contribution in [1.82, 2.24) is 4.72 Å². The highest BCUT2D eigenvalue weighted by Gasteiger charge is 2.10. The van der Waals surface area contributed by atoms with E-state index in [1.165, 1.54) is 25.7 Å². The fraction of sp³-hybridized carbons (Fsp3) is 0.917. The number of carboxylic acid groups (broad SMARTS) is 1. The Kier molecular flexibility index (Phi) is 9.96. The molecule has 0 atom stereocenters. The van der Waals surface area contributed by atoms with E-state index in [-0.39, 0.29) is 5.75 Å². The Morgan fingerprint density at radius 1 is 1.00 bits per heavy atom. The smallest absolute Gasteiger partial charge is 0.318 e. The minimum atomic E-state index is -3.41. The molecule has 2 N–H and O–H groups in total. The molecule has 0 amide bonds. The Balaban J connectivity index is 3.44. The van der Waals surface area contributed by atoms with Crippen molar-refractivity contribution in [3.05, 3.63) is 0 Å². The van der Waals surface area contributed by atoms with Gasteiger partial charge in [-0.2, -0.15) is 0 Å².